The van der Waals surface area contributed by atoms with Crippen molar-refractivity contribution in [2.75, 3.05) is 7.11 Å². The van der Waals surface area contributed by atoms with Crippen molar-refractivity contribution in [1.82, 2.24) is 9.71 Å². The number of pyridine rings is 1. The van der Waals surface area contributed by atoms with Crippen LogP contribution in [0.1, 0.15) is 37.8 Å². The van der Waals surface area contributed by atoms with E-state index in [0.29, 0.717) is 12.8 Å². The first-order chi connectivity index (χ1) is 9.95. The molecule has 0 aromatic carbocycles. The molecule has 7 heteroatoms. The number of aromatic nitrogens is 1. The third kappa shape index (κ3) is 3.59. The summed E-state index contributed by atoms with van der Waals surface area (Å²) in [5.74, 6) is -1.02. The van der Waals surface area contributed by atoms with E-state index < -0.39 is 27.2 Å². The maximum Gasteiger partial charge on any atom is 0.310 e. The van der Waals surface area contributed by atoms with Gasteiger partial charge >= 0.3 is 5.97 Å². The van der Waals surface area contributed by atoms with Gasteiger partial charge in [-0.15, -0.1) is 0 Å². The fraction of sp³-hybridized carbons (Fsp3) is 0.571. The van der Waals surface area contributed by atoms with E-state index in [1.165, 1.54) is 7.11 Å². The lowest BCUT2D eigenvalue weighted by atomic mass is 10.1. The molecule has 1 fully saturated rings. The van der Waals surface area contributed by atoms with Crippen LogP contribution in [0.3, 0.4) is 0 Å². The number of nitrogens with zero attached hydrogens (tertiary/aromatic N) is 1. The van der Waals surface area contributed by atoms with E-state index in [1.807, 2.05) is 0 Å². The van der Waals surface area contributed by atoms with Crippen LogP contribution in [0.25, 0.3) is 0 Å². The molecule has 0 aliphatic heterocycles. The molecule has 1 aromatic heterocycles. The van der Waals surface area contributed by atoms with E-state index in [2.05, 4.69) is 9.71 Å². The van der Waals surface area contributed by atoms with Gasteiger partial charge in [-0.25, -0.2) is 13.1 Å². The molecule has 6 nitrogen and oxygen atoms in total. The molecule has 1 aliphatic carbocycles. The second-order valence-electron chi connectivity index (χ2n) is 5.26. The van der Waals surface area contributed by atoms with Crippen molar-refractivity contribution in [2.45, 2.75) is 37.5 Å². The molecule has 1 N–H and O–H groups in total. The predicted octanol–water partition coefficient (Wildman–Crippen LogP) is 1.40. The van der Waals surface area contributed by atoms with E-state index >= 15 is 0 Å². The van der Waals surface area contributed by atoms with Gasteiger partial charge in [-0.2, -0.15) is 0 Å². The van der Waals surface area contributed by atoms with Gasteiger partial charge in [0.2, 0.25) is 10.0 Å². The van der Waals surface area contributed by atoms with Crippen molar-refractivity contribution < 1.29 is 17.9 Å². The summed E-state index contributed by atoms with van der Waals surface area (Å²) in [5, 5.41) is -0.714. The Morgan fingerprint density at radius 1 is 1.38 bits per heavy atom. The molecule has 3 atom stereocenters. The Kier molecular flexibility index (Phi) is 4.95. The lowest BCUT2D eigenvalue weighted by molar-refractivity contribution is -0.145. The molecule has 1 aromatic rings. The van der Waals surface area contributed by atoms with Crippen molar-refractivity contribution in [3.05, 3.63) is 30.1 Å². The Bertz CT molecular complexity index is 588. The number of carbonyl (C=O) groups is 1. The summed E-state index contributed by atoms with van der Waals surface area (Å²) >= 11 is 0. The number of nitrogens with one attached hydrogen (secondary N) is 1. The predicted molar refractivity (Wildman–Crippen MR) is 77.9 cm³/mol. The number of carbonyl (C=O) groups excluding carboxylic acids is 1. The number of ether oxygens (including phenoxy) is 1. The van der Waals surface area contributed by atoms with Gasteiger partial charge in [-0.3, -0.25) is 9.78 Å². The largest absolute Gasteiger partial charge is 0.469 e. The van der Waals surface area contributed by atoms with E-state index in [-0.39, 0.29) is 6.04 Å². The first-order valence-corrected chi connectivity index (χ1v) is 8.49. The summed E-state index contributed by atoms with van der Waals surface area (Å²) in [5.41, 5.74) is 0.834. The Morgan fingerprint density at radius 3 is 2.67 bits per heavy atom. The summed E-state index contributed by atoms with van der Waals surface area (Å²) in [6, 6.07) is 3.16. The van der Waals surface area contributed by atoms with Crippen LogP contribution < -0.4 is 4.72 Å². The quantitative estimate of drug-likeness (QED) is 0.831. The van der Waals surface area contributed by atoms with Gasteiger partial charge in [-0.05, 0) is 37.5 Å². The zero-order chi connectivity index (χ0) is 15.5. The van der Waals surface area contributed by atoms with Gasteiger partial charge in [-0.1, -0.05) is 6.42 Å². The molecule has 2 rings (SSSR count). The molecular formula is C14H20N2O4S. The van der Waals surface area contributed by atoms with Crippen LogP contribution in [0.4, 0.5) is 0 Å². The summed E-state index contributed by atoms with van der Waals surface area (Å²) in [6.07, 6.45) is 4.99. The van der Waals surface area contributed by atoms with Crippen molar-refractivity contribution in [3.63, 3.8) is 0 Å². The van der Waals surface area contributed by atoms with Gasteiger partial charge in [0, 0.05) is 18.4 Å². The zero-order valence-electron chi connectivity index (χ0n) is 12.2. The molecule has 116 valence electrons. The molecule has 1 saturated carbocycles. The lowest BCUT2D eigenvalue weighted by Gasteiger charge is -2.21. The van der Waals surface area contributed by atoms with E-state index in [1.54, 1.807) is 31.5 Å². The standard InChI is InChI=1S/C14H20N2O4S/c1-10(11-6-8-15-9-7-11)16-21(18,19)13-5-3-4-12(13)14(17)20-2/h6-10,12-13,16H,3-5H2,1-2H3/t10-,12?,13?/m0/s1. The number of methoxy groups -OCH3 is 1. The van der Waals surface area contributed by atoms with Crippen molar-refractivity contribution >= 4 is 16.0 Å². The minimum Gasteiger partial charge on any atom is -0.469 e. The second kappa shape index (κ2) is 6.53. The van der Waals surface area contributed by atoms with Gasteiger partial charge in [0.25, 0.3) is 0 Å². The van der Waals surface area contributed by atoms with Crippen LogP contribution in [-0.4, -0.2) is 31.7 Å². The Labute approximate surface area is 125 Å². The molecule has 0 amide bonds. The van der Waals surface area contributed by atoms with Gasteiger partial charge in [0.1, 0.15) is 0 Å². The summed E-state index contributed by atoms with van der Waals surface area (Å²) < 4.78 is 32.4. The van der Waals surface area contributed by atoms with Crippen LogP contribution in [-0.2, 0) is 19.6 Å². The Hall–Kier alpha value is -1.47. The van der Waals surface area contributed by atoms with Crippen LogP contribution in [0.2, 0.25) is 0 Å². The van der Waals surface area contributed by atoms with E-state index in [0.717, 1.165) is 12.0 Å². The number of hydrogen-bond donors (Lipinski definition) is 1. The van der Waals surface area contributed by atoms with Gasteiger partial charge < -0.3 is 4.74 Å². The topological polar surface area (TPSA) is 85.4 Å². The van der Waals surface area contributed by atoms with E-state index in [9.17, 15) is 13.2 Å². The van der Waals surface area contributed by atoms with Crippen molar-refractivity contribution in [1.29, 1.82) is 0 Å². The molecular weight excluding hydrogens is 292 g/mol. The van der Waals surface area contributed by atoms with Crippen molar-refractivity contribution in [2.24, 2.45) is 5.92 Å². The highest BCUT2D eigenvalue weighted by molar-refractivity contribution is 7.90. The summed E-state index contributed by atoms with van der Waals surface area (Å²) in [4.78, 5) is 15.6. The van der Waals surface area contributed by atoms with Gasteiger partial charge in [0.05, 0.1) is 18.3 Å². The minimum absolute atomic E-state index is 0.364. The summed E-state index contributed by atoms with van der Waals surface area (Å²) in [7, 11) is -2.29. The van der Waals surface area contributed by atoms with Crippen molar-refractivity contribution in [3.8, 4) is 0 Å². The zero-order valence-corrected chi connectivity index (χ0v) is 13.0. The molecule has 1 heterocycles. The van der Waals surface area contributed by atoms with Crippen LogP contribution in [0, 0.1) is 5.92 Å². The number of sulfonamides is 1. The highest BCUT2D eigenvalue weighted by atomic mass is 32.2. The first-order valence-electron chi connectivity index (χ1n) is 6.94. The van der Waals surface area contributed by atoms with Crippen LogP contribution >= 0.6 is 0 Å². The van der Waals surface area contributed by atoms with E-state index in [4.69, 9.17) is 4.74 Å². The van der Waals surface area contributed by atoms with Crippen LogP contribution in [0.5, 0.6) is 0 Å². The average Bonchev–Trinajstić information content (AvgIpc) is 2.97. The third-order valence-electron chi connectivity index (χ3n) is 3.90. The highest BCUT2D eigenvalue weighted by Crippen LogP contribution is 2.32. The normalized spacial score (nSPS) is 23.7. The third-order valence-corrected chi connectivity index (χ3v) is 5.95. The number of rotatable bonds is 5. The van der Waals surface area contributed by atoms with Crippen LogP contribution in [0.15, 0.2) is 24.5 Å². The molecule has 0 spiro atoms. The Balaban J connectivity index is 2.13. The minimum atomic E-state index is -3.58. The second-order valence-corrected chi connectivity index (χ2v) is 7.20. The first kappa shape index (κ1) is 15.9. The molecule has 0 radical (unpaired) electrons. The SMILES string of the molecule is COC(=O)C1CCCC1S(=O)(=O)N[C@@H](C)c1ccncc1. The fourth-order valence-corrected chi connectivity index (χ4v) is 4.73. The molecule has 21 heavy (non-hydrogen) atoms. The summed E-state index contributed by atoms with van der Waals surface area (Å²) in [6.45, 7) is 1.77. The average molecular weight is 312 g/mol. The maximum atomic E-state index is 12.5. The fourth-order valence-electron chi connectivity index (χ4n) is 2.77. The molecule has 0 saturated heterocycles. The molecule has 1 aliphatic rings. The number of hydrogen-bond acceptors (Lipinski definition) is 5. The smallest absolute Gasteiger partial charge is 0.310 e. The lowest BCUT2D eigenvalue weighted by Crippen LogP contribution is -2.40. The number of esters is 1. The maximum absolute atomic E-state index is 12.5. The Morgan fingerprint density at radius 2 is 2.05 bits per heavy atom. The molecule has 2 unspecified atom stereocenters. The molecule has 0 bridgehead atoms. The van der Waals surface area contributed by atoms with Gasteiger partial charge in [0.15, 0.2) is 0 Å². The highest BCUT2D eigenvalue weighted by Gasteiger charge is 2.42. The monoisotopic (exact) mass is 312 g/mol.